The summed E-state index contributed by atoms with van der Waals surface area (Å²) < 4.78 is 24.0. The monoisotopic (exact) mass is 328 g/mol. The molecular formula is C15H11Cl2FO3. The second-order valence-corrected chi connectivity index (χ2v) is 5.00. The van der Waals surface area contributed by atoms with Gasteiger partial charge < -0.3 is 9.47 Å². The third kappa shape index (κ3) is 3.65. The van der Waals surface area contributed by atoms with E-state index in [0.717, 1.165) is 0 Å². The van der Waals surface area contributed by atoms with Crippen molar-refractivity contribution in [3.63, 3.8) is 0 Å². The molecular weight excluding hydrogens is 318 g/mol. The van der Waals surface area contributed by atoms with Gasteiger partial charge in [-0.2, -0.15) is 0 Å². The molecule has 110 valence electrons. The van der Waals surface area contributed by atoms with E-state index in [1.165, 1.54) is 31.4 Å². The second-order valence-electron chi connectivity index (χ2n) is 4.19. The summed E-state index contributed by atoms with van der Waals surface area (Å²) in [5, 5.41) is 0.288. The van der Waals surface area contributed by atoms with Crippen molar-refractivity contribution in [3.05, 3.63) is 57.3 Å². The van der Waals surface area contributed by atoms with Crippen LogP contribution in [-0.4, -0.2) is 13.4 Å². The first-order valence-electron chi connectivity index (χ1n) is 5.94. The fraction of sp³-hybridized carbons (Fsp3) is 0.133. The van der Waals surface area contributed by atoms with Gasteiger partial charge in [-0.05, 0) is 29.8 Å². The molecule has 0 aromatic heterocycles. The van der Waals surface area contributed by atoms with Crippen LogP contribution >= 0.6 is 23.2 Å². The molecule has 0 amide bonds. The quantitative estimate of drug-likeness (QED) is 0.756. The number of hydrogen-bond donors (Lipinski definition) is 0. The molecule has 0 saturated carbocycles. The summed E-state index contributed by atoms with van der Waals surface area (Å²) in [6.07, 6.45) is 0.659. The number of benzene rings is 2. The molecule has 0 saturated heterocycles. The van der Waals surface area contributed by atoms with Crippen LogP contribution in [0.2, 0.25) is 10.0 Å². The first kappa shape index (κ1) is 15.6. The van der Waals surface area contributed by atoms with Crippen LogP contribution < -0.4 is 9.47 Å². The molecule has 0 aliphatic carbocycles. The highest BCUT2D eigenvalue weighted by atomic mass is 35.5. The van der Waals surface area contributed by atoms with Crippen LogP contribution in [0.1, 0.15) is 15.9 Å². The maximum atomic E-state index is 13.4. The molecule has 0 spiro atoms. The van der Waals surface area contributed by atoms with Gasteiger partial charge in [0.1, 0.15) is 18.7 Å². The normalized spacial score (nSPS) is 10.3. The van der Waals surface area contributed by atoms with E-state index >= 15 is 0 Å². The zero-order valence-corrected chi connectivity index (χ0v) is 12.5. The lowest BCUT2D eigenvalue weighted by Gasteiger charge is -2.13. The highest BCUT2D eigenvalue weighted by Crippen LogP contribution is 2.36. The average Bonchev–Trinajstić information content (AvgIpc) is 2.48. The van der Waals surface area contributed by atoms with Crippen molar-refractivity contribution in [3.8, 4) is 11.5 Å². The van der Waals surface area contributed by atoms with E-state index in [1.807, 2.05) is 0 Å². The Hall–Kier alpha value is -1.78. The van der Waals surface area contributed by atoms with Crippen LogP contribution in [0.25, 0.3) is 0 Å². The minimum atomic E-state index is -0.521. The number of ether oxygens (including phenoxy) is 2. The number of methoxy groups -OCH3 is 1. The largest absolute Gasteiger partial charge is 0.493 e. The molecule has 2 aromatic rings. The zero-order valence-electron chi connectivity index (χ0n) is 11.0. The molecule has 2 aromatic carbocycles. The summed E-state index contributed by atoms with van der Waals surface area (Å²) in [5.74, 6) is 0.103. The average molecular weight is 329 g/mol. The lowest BCUT2D eigenvalue weighted by atomic mass is 10.2. The first-order valence-corrected chi connectivity index (χ1v) is 6.70. The fourth-order valence-corrected chi connectivity index (χ4v) is 2.12. The molecule has 0 N–H and O–H groups in total. The van der Waals surface area contributed by atoms with Crippen molar-refractivity contribution < 1.29 is 18.7 Å². The first-order chi connectivity index (χ1) is 10.0. The predicted molar refractivity (Wildman–Crippen MR) is 79.1 cm³/mol. The summed E-state index contributed by atoms with van der Waals surface area (Å²) in [6, 6.07) is 7.35. The molecule has 0 radical (unpaired) electrons. The van der Waals surface area contributed by atoms with E-state index in [-0.39, 0.29) is 16.7 Å². The molecule has 0 aliphatic rings. The van der Waals surface area contributed by atoms with Gasteiger partial charge in [-0.15, -0.1) is 0 Å². The van der Waals surface area contributed by atoms with Crippen molar-refractivity contribution in [1.29, 1.82) is 0 Å². The minimum Gasteiger partial charge on any atom is -0.493 e. The van der Waals surface area contributed by atoms with E-state index in [1.54, 1.807) is 6.07 Å². The molecule has 0 aliphatic heterocycles. The Morgan fingerprint density at radius 2 is 1.95 bits per heavy atom. The van der Waals surface area contributed by atoms with Crippen LogP contribution in [-0.2, 0) is 6.61 Å². The summed E-state index contributed by atoms with van der Waals surface area (Å²) in [6.45, 7) is 0.0879. The zero-order chi connectivity index (χ0) is 15.4. The number of carbonyl (C=O) groups excluding carboxylic acids is 1. The Labute approximate surface area is 131 Å². The minimum absolute atomic E-state index is 0.0460. The highest BCUT2D eigenvalue weighted by Gasteiger charge is 2.12. The van der Waals surface area contributed by atoms with Crippen LogP contribution in [0.5, 0.6) is 11.5 Å². The third-order valence-electron chi connectivity index (χ3n) is 2.76. The maximum Gasteiger partial charge on any atom is 0.180 e. The van der Waals surface area contributed by atoms with Gasteiger partial charge in [0.2, 0.25) is 0 Å². The molecule has 6 heteroatoms. The molecule has 0 bridgehead atoms. The molecule has 0 heterocycles. The van der Waals surface area contributed by atoms with Crippen molar-refractivity contribution in [2.24, 2.45) is 0 Å². The van der Waals surface area contributed by atoms with Gasteiger partial charge in [-0.1, -0.05) is 29.3 Å². The third-order valence-corrected chi connectivity index (χ3v) is 3.34. The second kappa shape index (κ2) is 6.78. The van der Waals surface area contributed by atoms with Gasteiger partial charge >= 0.3 is 0 Å². The van der Waals surface area contributed by atoms with Gasteiger partial charge in [0, 0.05) is 5.56 Å². The molecule has 3 nitrogen and oxygen atoms in total. The molecule has 0 unspecified atom stereocenters. The van der Waals surface area contributed by atoms with Crippen LogP contribution in [0.3, 0.4) is 0 Å². The Balaban J connectivity index is 2.23. The van der Waals surface area contributed by atoms with Crippen LogP contribution in [0, 0.1) is 5.82 Å². The predicted octanol–water partition coefficient (Wildman–Crippen LogP) is 4.53. The Bertz CT molecular complexity index is 674. The summed E-state index contributed by atoms with van der Waals surface area (Å²) in [4.78, 5) is 10.8. The van der Waals surface area contributed by atoms with E-state index in [9.17, 15) is 9.18 Å². The van der Waals surface area contributed by atoms with Crippen molar-refractivity contribution in [2.75, 3.05) is 7.11 Å². The van der Waals surface area contributed by atoms with Gasteiger partial charge in [-0.25, -0.2) is 4.39 Å². The van der Waals surface area contributed by atoms with E-state index in [4.69, 9.17) is 32.7 Å². The van der Waals surface area contributed by atoms with Crippen LogP contribution in [0.15, 0.2) is 30.3 Å². The topological polar surface area (TPSA) is 35.5 Å². The Morgan fingerprint density at radius 1 is 1.19 bits per heavy atom. The van der Waals surface area contributed by atoms with E-state index in [2.05, 4.69) is 0 Å². The number of halogens is 3. The van der Waals surface area contributed by atoms with Gasteiger partial charge in [-0.3, -0.25) is 4.79 Å². The maximum absolute atomic E-state index is 13.4. The molecule has 21 heavy (non-hydrogen) atoms. The molecule has 2 rings (SSSR count). The van der Waals surface area contributed by atoms with Gasteiger partial charge in [0.25, 0.3) is 0 Å². The van der Waals surface area contributed by atoms with Crippen LogP contribution in [0.4, 0.5) is 4.39 Å². The highest BCUT2D eigenvalue weighted by molar-refractivity contribution is 6.32. The standard InChI is InChI=1S/C15H11Cl2FO3/c1-20-14-6-10(7-19)4-12(17)15(14)21-8-9-2-3-11(16)13(18)5-9/h2-7H,8H2,1H3. The summed E-state index contributed by atoms with van der Waals surface area (Å²) in [5.41, 5.74) is 0.969. The SMILES string of the molecule is COc1cc(C=O)cc(Cl)c1OCc1ccc(Cl)c(F)c1. The van der Waals surface area contributed by atoms with Gasteiger partial charge in [0.15, 0.2) is 11.5 Å². The Kier molecular flexibility index (Phi) is 5.04. The van der Waals surface area contributed by atoms with Crippen molar-refractivity contribution in [2.45, 2.75) is 6.61 Å². The van der Waals surface area contributed by atoms with Crippen molar-refractivity contribution >= 4 is 29.5 Å². The summed E-state index contributed by atoms with van der Waals surface area (Å²) in [7, 11) is 1.44. The number of hydrogen-bond acceptors (Lipinski definition) is 3. The number of carbonyl (C=O) groups is 1. The Morgan fingerprint density at radius 3 is 2.57 bits per heavy atom. The lowest BCUT2D eigenvalue weighted by Crippen LogP contribution is -2.00. The van der Waals surface area contributed by atoms with Gasteiger partial charge in [0.05, 0.1) is 17.2 Å². The molecule has 0 atom stereocenters. The number of rotatable bonds is 5. The lowest BCUT2D eigenvalue weighted by molar-refractivity contribution is 0.112. The molecule has 0 fully saturated rings. The van der Waals surface area contributed by atoms with E-state index in [0.29, 0.717) is 28.9 Å². The summed E-state index contributed by atoms with van der Waals surface area (Å²) >= 11 is 11.7. The van der Waals surface area contributed by atoms with Crippen molar-refractivity contribution in [1.82, 2.24) is 0 Å². The smallest absolute Gasteiger partial charge is 0.180 e. The van der Waals surface area contributed by atoms with E-state index < -0.39 is 5.82 Å². The number of aldehydes is 1. The fourth-order valence-electron chi connectivity index (χ4n) is 1.73.